The second-order valence-corrected chi connectivity index (χ2v) is 6.30. The van der Waals surface area contributed by atoms with Gasteiger partial charge in [0.05, 0.1) is 14.9 Å². The maximum atomic E-state index is 10.7. The summed E-state index contributed by atoms with van der Waals surface area (Å²) in [5, 5.41) is 10.7. The van der Waals surface area contributed by atoms with Gasteiger partial charge in [0.1, 0.15) is 5.52 Å². The fraction of sp³-hybridized carbons (Fsp3) is 0.125. The Morgan fingerprint density at radius 1 is 1.41 bits per heavy atom. The molecule has 0 aliphatic carbocycles. The van der Waals surface area contributed by atoms with Crippen molar-refractivity contribution in [1.29, 1.82) is 0 Å². The highest BCUT2D eigenvalue weighted by Crippen LogP contribution is 2.38. The molecule has 0 amide bonds. The Morgan fingerprint density at radius 3 is 2.59 bits per heavy atom. The Bertz CT molecular complexity index is 608. The van der Waals surface area contributed by atoms with Crippen molar-refractivity contribution in [3.05, 3.63) is 32.5 Å². The van der Waals surface area contributed by atoms with E-state index in [9.17, 15) is 10.1 Å². The molecule has 1 N–H and O–H groups in total. The van der Waals surface area contributed by atoms with Gasteiger partial charge in [0.2, 0.25) is 3.79 Å². The third-order valence-corrected chi connectivity index (χ3v) is 3.15. The van der Waals surface area contributed by atoms with E-state index in [4.69, 9.17) is 34.8 Å². The van der Waals surface area contributed by atoms with Crippen molar-refractivity contribution in [2.45, 2.75) is 3.79 Å². The first-order chi connectivity index (χ1) is 7.79. The van der Waals surface area contributed by atoms with E-state index in [0.717, 1.165) is 0 Å². The summed E-state index contributed by atoms with van der Waals surface area (Å²) in [6, 6.07) is 2.67. The molecule has 2 rings (SSSR count). The van der Waals surface area contributed by atoms with Gasteiger partial charge in [-0.25, -0.2) is 4.98 Å². The highest BCUT2D eigenvalue weighted by atomic mass is 79.9. The Morgan fingerprint density at radius 2 is 2.06 bits per heavy atom. The van der Waals surface area contributed by atoms with Crippen molar-refractivity contribution < 1.29 is 4.92 Å². The zero-order valence-corrected chi connectivity index (χ0v) is 11.7. The smallest absolute Gasteiger partial charge is 0.272 e. The Kier molecular flexibility index (Phi) is 3.24. The number of rotatable bonds is 1. The lowest BCUT2D eigenvalue weighted by Gasteiger charge is -2.04. The van der Waals surface area contributed by atoms with Crippen molar-refractivity contribution in [3.8, 4) is 0 Å². The van der Waals surface area contributed by atoms with E-state index < -0.39 is 8.72 Å². The molecule has 1 aromatic carbocycles. The number of non-ortho nitro benzene ring substituents is 1. The molecular formula is C8H3BrCl3N3O2. The third kappa shape index (κ3) is 2.49. The number of benzene rings is 1. The molecule has 0 bridgehead atoms. The molecule has 0 unspecified atom stereocenters. The lowest BCUT2D eigenvalue weighted by atomic mass is 10.3. The van der Waals surface area contributed by atoms with Crippen LogP contribution < -0.4 is 0 Å². The molecule has 9 heteroatoms. The van der Waals surface area contributed by atoms with Gasteiger partial charge < -0.3 is 4.98 Å². The van der Waals surface area contributed by atoms with Gasteiger partial charge in [-0.15, -0.1) is 0 Å². The molecular weight excluding hydrogens is 356 g/mol. The average Bonchev–Trinajstić information content (AvgIpc) is 2.60. The minimum Gasteiger partial charge on any atom is -0.338 e. The molecule has 0 spiro atoms. The number of alkyl halides is 3. The van der Waals surface area contributed by atoms with Gasteiger partial charge in [0, 0.05) is 12.1 Å². The van der Waals surface area contributed by atoms with Crippen molar-refractivity contribution in [2.75, 3.05) is 0 Å². The summed E-state index contributed by atoms with van der Waals surface area (Å²) >= 11 is 20.2. The number of halogens is 4. The maximum absolute atomic E-state index is 10.7. The van der Waals surface area contributed by atoms with Crippen molar-refractivity contribution in [1.82, 2.24) is 9.97 Å². The molecule has 1 aromatic heterocycles. The van der Waals surface area contributed by atoms with E-state index in [1.807, 2.05) is 0 Å². The van der Waals surface area contributed by atoms with Crippen LogP contribution in [0.1, 0.15) is 5.82 Å². The number of hydrogen-bond donors (Lipinski definition) is 1. The molecule has 0 fully saturated rings. The Balaban J connectivity index is 2.69. The van der Waals surface area contributed by atoms with Crippen LogP contribution in [0.15, 0.2) is 16.6 Å². The summed E-state index contributed by atoms with van der Waals surface area (Å²) in [5.41, 5.74) is 0.813. The summed E-state index contributed by atoms with van der Waals surface area (Å²) < 4.78 is -1.24. The standard InChI is InChI=1S/C8H3BrCl3N3O2/c9-4-1-3(15(16)17)2-5-6(4)14-7(13-5)8(10,11)12/h1-2H,(H,13,14). The number of nitrogens with zero attached hydrogens (tertiary/aromatic N) is 2. The number of H-pyrrole nitrogens is 1. The summed E-state index contributed by atoms with van der Waals surface area (Å²) in [7, 11) is 0. The molecule has 0 atom stereocenters. The average molecular weight is 359 g/mol. The molecule has 0 aliphatic heterocycles. The molecule has 0 saturated heterocycles. The minimum atomic E-state index is -1.70. The van der Waals surface area contributed by atoms with E-state index in [-0.39, 0.29) is 11.5 Å². The van der Waals surface area contributed by atoms with Crippen molar-refractivity contribution >= 4 is 67.5 Å². The SMILES string of the molecule is O=[N+]([O-])c1cc(Br)c2nc(C(Cl)(Cl)Cl)[nH]c2c1. The summed E-state index contributed by atoms with van der Waals surface area (Å²) in [5.74, 6) is 0.110. The molecule has 90 valence electrons. The fourth-order valence-corrected chi connectivity index (χ4v) is 2.11. The zero-order valence-electron chi connectivity index (χ0n) is 7.88. The number of nitro benzene ring substituents is 1. The highest BCUT2D eigenvalue weighted by molar-refractivity contribution is 9.10. The van der Waals surface area contributed by atoms with Gasteiger partial charge in [-0.1, -0.05) is 34.8 Å². The molecule has 1 heterocycles. The number of imidazole rings is 1. The first kappa shape index (κ1) is 12.9. The molecule has 0 aliphatic rings. The number of hydrogen-bond acceptors (Lipinski definition) is 3. The van der Waals surface area contributed by atoms with Crippen LogP contribution in [-0.4, -0.2) is 14.9 Å². The number of fused-ring (bicyclic) bond motifs is 1. The van der Waals surface area contributed by atoms with E-state index in [1.54, 1.807) is 0 Å². The van der Waals surface area contributed by atoms with Gasteiger partial charge in [-0.05, 0) is 15.9 Å². The largest absolute Gasteiger partial charge is 0.338 e. The third-order valence-electron chi connectivity index (χ3n) is 2.00. The van der Waals surface area contributed by atoms with E-state index >= 15 is 0 Å². The predicted molar refractivity (Wildman–Crippen MR) is 69.7 cm³/mol. The summed E-state index contributed by atoms with van der Waals surface area (Å²) in [4.78, 5) is 17.0. The van der Waals surface area contributed by atoms with E-state index in [0.29, 0.717) is 15.5 Å². The Hall–Kier alpha value is -0.560. The molecule has 0 saturated carbocycles. The number of nitrogens with one attached hydrogen (secondary N) is 1. The zero-order chi connectivity index (χ0) is 12.8. The van der Waals surface area contributed by atoms with Gasteiger partial charge in [-0.3, -0.25) is 10.1 Å². The molecule has 17 heavy (non-hydrogen) atoms. The van der Waals surface area contributed by atoms with Gasteiger partial charge >= 0.3 is 0 Å². The van der Waals surface area contributed by atoms with Crippen LogP contribution in [0, 0.1) is 10.1 Å². The molecule has 5 nitrogen and oxygen atoms in total. The normalized spacial score (nSPS) is 12.0. The quantitative estimate of drug-likeness (QED) is 0.474. The van der Waals surface area contributed by atoms with Crippen LogP contribution in [0.25, 0.3) is 11.0 Å². The molecule has 0 radical (unpaired) electrons. The van der Waals surface area contributed by atoms with Crippen LogP contribution in [0.2, 0.25) is 0 Å². The van der Waals surface area contributed by atoms with Gasteiger partial charge in [0.25, 0.3) is 5.69 Å². The van der Waals surface area contributed by atoms with Crippen LogP contribution in [0.5, 0.6) is 0 Å². The summed E-state index contributed by atoms with van der Waals surface area (Å²) in [6.45, 7) is 0. The fourth-order valence-electron chi connectivity index (χ4n) is 1.30. The van der Waals surface area contributed by atoms with Gasteiger partial charge in [0.15, 0.2) is 5.82 Å². The summed E-state index contributed by atoms with van der Waals surface area (Å²) in [6.07, 6.45) is 0. The van der Waals surface area contributed by atoms with Crippen LogP contribution in [0.4, 0.5) is 5.69 Å². The lowest BCUT2D eigenvalue weighted by molar-refractivity contribution is -0.384. The second kappa shape index (κ2) is 4.28. The first-order valence-electron chi connectivity index (χ1n) is 4.20. The maximum Gasteiger partial charge on any atom is 0.272 e. The van der Waals surface area contributed by atoms with E-state index in [2.05, 4.69) is 25.9 Å². The predicted octanol–water partition coefficient (Wildman–Crippen LogP) is 4.06. The van der Waals surface area contributed by atoms with Crippen molar-refractivity contribution in [3.63, 3.8) is 0 Å². The van der Waals surface area contributed by atoms with Crippen LogP contribution in [-0.2, 0) is 3.79 Å². The number of aromatic amines is 1. The first-order valence-corrected chi connectivity index (χ1v) is 6.12. The minimum absolute atomic E-state index is 0.0797. The second-order valence-electron chi connectivity index (χ2n) is 3.16. The monoisotopic (exact) mass is 357 g/mol. The number of aromatic nitrogens is 2. The van der Waals surface area contributed by atoms with Crippen LogP contribution >= 0.6 is 50.7 Å². The lowest BCUT2D eigenvalue weighted by Crippen LogP contribution is -2.02. The topological polar surface area (TPSA) is 71.8 Å². The van der Waals surface area contributed by atoms with E-state index in [1.165, 1.54) is 12.1 Å². The van der Waals surface area contributed by atoms with Gasteiger partial charge in [-0.2, -0.15) is 0 Å². The number of nitro groups is 1. The molecule has 2 aromatic rings. The van der Waals surface area contributed by atoms with Crippen LogP contribution in [0.3, 0.4) is 0 Å². The van der Waals surface area contributed by atoms with Crippen molar-refractivity contribution in [2.24, 2.45) is 0 Å². The highest BCUT2D eigenvalue weighted by Gasteiger charge is 2.28. The Labute approximate surface area is 118 Å².